The average Bonchev–Trinajstić information content (AvgIpc) is 2.64. The quantitative estimate of drug-likeness (QED) is 0.875. The van der Waals surface area contributed by atoms with E-state index in [1.165, 1.54) is 4.88 Å². The maximum absolute atomic E-state index is 9.30. The highest BCUT2D eigenvalue weighted by molar-refractivity contribution is 9.10. The maximum atomic E-state index is 9.30. The van der Waals surface area contributed by atoms with E-state index in [0.29, 0.717) is 18.5 Å². The van der Waals surface area contributed by atoms with Gasteiger partial charge in [-0.05, 0) is 47.8 Å². The van der Waals surface area contributed by atoms with Crippen LogP contribution in [0.15, 0.2) is 15.9 Å². The zero-order chi connectivity index (χ0) is 12.4. The van der Waals surface area contributed by atoms with E-state index in [4.69, 9.17) is 5.73 Å². The number of halogens is 1. The molecule has 0 aromatic carbocycles. The molecule has 2 rings (SSSR count). The molecule has 3 N–H and O–H groups in total. The molecule has 1 aliphatic carbocycles. The summed E-state index contributed by atoms with van der Waals surface area (Å²) in [7, 11) is 2.12. The summed E-state index contributed by atoms with van der Waals surface area (Å²) < 4.78 is 1.13. The van der Waals surface area contributed by atoms with Gasteiger partial charge in [-0.2, -0.15) is 0 Å². The minimum atomic E-state index is -0.0689. The third kappa shape index (κ3) is 3.29. The average molecular weight is 319 g/mol. The second-order valence-electron chi connectivity index (χ2n) is 4.85. The maximum Gasteiger partial charge on any atom is 0.0562 e. The zero-order valence-corrected chi connectivity index (χ0v) is 12.4. The van der Waals surface area contributed by atoms with Gasteiger partial charge in [-0.15, -0.1) is 11.3 Å². The normalized spacial score (nSPS) is 25.9. The van der Waals surface area contributed by atoms with Crippen LogP contribution in [0.5, 0.6) is 0 Å². The largest absolute Gasteiger partial charge is 0.393 e. The van der Waals surface area contributed by atoms with Crippen molar-refractivity contribution < 1.29 is 5.11 Å². The predicted molar refractivity (Wildman–Crippen MR) is 75.2 cm³/mol. The van der Waals surface area contributed by atoms with E-state index in [1.54, 1.807) is 11.3 Å². The van der Waals surface area contributed by atoms with Gasteiger partial charge in [-0.3, -0.25) is 4.90 Å². The highest BCUT2D eigenvalue weighted by atomic mass is 79.9. The van der Waals surface area contributed by atoms with Gasteiger partial charge >= 0.3 is 0 Å². The van der Waals surface area contributed by atoms with Gasteiger partial charge < -0.3 is 10.8 Å². The standard InChI is InChI=1S/C12H19BrN2OS/c1-15(6-8-2-10(16)3-8)11(5-14)12-4-9(13)7-17-12/h4,7-8,10-11,16H,2-3,5-6,14H2,1H3. The lowest BCUT2D eigenvalue weighted by Gasteiger charge is -2.37. The van der Waals surface area contributed by atoms with Gasteiger partial charge in [0.25, 0.3) is 0 Å². The zero-order valence-electron chi connectivity index (χ0n) is 9.97. The summed E-state index contributed by atoms with van der Waals surface area (Å²) >= 11 is 5.23. The minimum absolute atomic E-state index is 0.0689. The Morgan fingerprint density at radius 3 is 2.82 bits per heavy atom. The molecule has 0 spiro atoms. The summed E-state index contributed by atoms with van der Waals surface area (Å²) in [5, 5.41) is 11.4. The molecule has 0 radical (unpaired) electrons. The summed E-state index contributed by atoms with van der Waals surface area (Å²) in [6.45, 7) is 1.66. The van der Waals surface area contributed by atoms with E-state index in [9.17, 15) is 5.11 Å². The minimum Gasteiger partial charge on any atom is -0.393 e. The molecule has 1 aliphatic rings. The molecule has 1 saturated carbocycles. The second-order valence-corrected chi connectivity index (χ2v) is 6.71. The Labute approximate surface area is 115 Å². The van der Waals surface area contributed by atoms with Crippen LogP contribution >= 0.6 is 27.3 Å². The number of nitrogens with two attached hydrogens (primary N) is 1. The van der Waals surface area contributed by atoms with Crippen LogP contribution in [0.3, 0.4) is 0 Å². The molecule has 17 heavy (non-hydrogen) atoms. The number of likely N-dealkylation sites (N-methyl/N-ethyl adjacent to an activating group) is 1. The van der Waals surface area contributed by atoms with Crippen LogP contribution in [0, 0.1) is 5.92 Å². The van der Waals surface area contributed by atoms with E-state index >= 15 is 0 Å². The fourth-order valence-electron chi connectivity index (χ4n) is 2.40. The lowest BCUT2D eigenvalue weighted by molar-refractivity contribution is 0.0226. The van der Waals surface area contributed by atoms with E-state index in [1.807, 2.05) is 0 Å². The molecule has 1 fully saturated rings. The first-order valence-corrected chi connectivity index (χ1v) is 7.59. The Morgan fingerprint density at radius 2 is 2.35 bits per heavy atom. The molecule has 1 unspecified atom stereocenters. The van der Waals surface area contributed by atoms with Crippen LogP contribution in [-0.4, -0.2) is 36.2 Å². The summed E-state index contributed by atoms with van der Waals surface area (Å²) in [6.07, 6.45) is 1.81. The van der Waals surface area contributed by atoms with Crippen LogP contribution in [0.25, 0.3) is 0 Å². The first-order chi connectivity index (χ1) is 8.10. The molecule has 1 heterocycles. The van der Waals surface area contributed by atoms with Crippen LogP contribution in [0.2, 0.25) is 0 Å². The number of thiophene rings is 1. The number of nitrogens with zero attached hydrogens (tertiary/aromatic N) is 1. The third-order valence-electron chi connectivity index (χ3n) is 3.43. The first kappa shape index (κ1) is 13.5. The smallest absolute Gasteiger partial charge is 0.0562 e. The molecule has 0 aliphatic heterocycles. The van der Waals surface area contributed by atoms with Crippen LogP contribution in [0.4, 0.5) is 0 Å². The van der Waals surface area contributed by atoms with Crippen molar-refractivity contribution in [2.45, 2.75) is 25.0 Å². The summed E-state index contributed by atoms with van der Waals surface area (Å²) in [5.74, 6) is 0.632. The van der Waals surface area contributed by atoms with Crippen LogP contribution in [0.1, 0.15) is 23.8 Å². The van der Waals surface area contributed by atoms with E-state index in [0.717, 1.165) is 23.9 Å². The van der Waals surface area contributed by atoms with Crippen LogP contribution < -0.4 is 5.73 Å². The molecule has 0 saturated heterocycles. The summed E-state index contributed by atoms with van der Waals surface area (Å²) in [4.78, 5) is 3.62. The lowest BCUT2D eigenvalue weighted by atomic mass is 9.82. The van der Waals surface area contributed by atoms with Crippen molar-refractivity contribution in [3.8, 4) is 0 Å². The molecule has 0 amide bonds. The second kappa shape index (κ2) is 5.80. The van der Waals surface area contributed by atoms with Crippen molar-refractivity contribution in [3.05, 3.63) is 20.8 Å². The van der Waals surface area contributed by atoms with Crippen molar-refractivity contribution in [3.63, 3.8) is 0 Å². The van der Waals surface area contributed by atoms with Crippen molar-refractivity contribution >= 4 is 27.3 Å². The predicted octanol–water partition coefficient (Wildman–Crippen LogP) is 2.21. The number of aliphatic hydroxyl groups excluding tert-OH is 1. The first-order valence-electron chi connectivity index (χ1n) is 5.92. The summed E-state index contributed by atoms with van der Waals surface area (Å²) in [5.41, 5.74) is 5.88. The monoisotopic (exact) mass is 318 g/mol. The van der Waals surface area contributed by atoms with Gasteiger partial charge in [0.15, 0.2) is 0 Å². The third-order valence-corrected chi connectivity index (χ3v) is 5.22. The molecular formula is C12H19BrN2OS. The molecule has 1 atom stereocenters. The van der Waals surface area contributed by atoms with Gasteiger partial charge in [-0.1, -0.05) is 0 Å². The fourth-order valence-corrected chi connectivity index (χ4v) is 4.02. The Kier molecular flexibility index (Phi) is 4.60. The Hall–Kier alpha value is 0.0600. The van der Waals surface area contributed by atoms with Crippen molar-refractivity contribution in [1.29, 1.82) is 0 Å². The Balaban J connectivity index is 1.93. The number of rotatable bonds is 5. The Bertz CT molecular complexity index is 365. The lowest BCUT2D eigenvalue weighted by Crippen LogP contribution is -2.40. The van der Waals surface area contributed by atoms with Gasteiger partial charge in [0.2, 0.25) is 0 Å². The molecule has 1 aromatic heterocycles. The molecular weight excluding hydrogens is 300 g/mol. The van der Waals surface area contributed by atoms with Crippen LogP contribution in [-0.2, 0) is 0 Å². The SMILES string of the molecule is CN(CC1CC(O)C1)C(CN)c1cc(Br)cs1. The highest BCUT2D eigenvalue weighted by Gasteiger charge is 2.29. The molecule has 3 nitrogen and oxygen atoms in total. The number of hydrogen-bond donors (Lipinski definition) is 2. The van der Waals surface area contributed by atoms with E-state index in [2.05, 4.69) is 39.3 Å². The number of hydrogen-bond acceptors (Lipinski definition) is 4. The van der Waals surface area contributed by atoms with Gasteiger partial charge in [0.1, 0.15) is 0 Å². The van der Waals surface area contributed by atoms with Gasteiger partial charge in [0.05, 0.1) is 12.1 Å². The molecule has 1 aromatic rings. The summed E-state index contributed by atoms with van der Waals surface area (Å²) in [6, 6.07) is 2.44. The number of aliphatic hydroxyl groups is 1. The van der Waals surface area contributed by atoms with E-state index in [-0.39, 0.29) is 6.10 Å². The van der Waals surface area contributed by atoms with Gasteiger partial charge in [0, 0.05) is 27.8 Å². The van der Waals surface area contributed by atoms with Crippen molar-refractivity contribution in [1.82, 2.24) is 4.90 Å². The molecule has 5 heteroatoms. The Morgan fingerprint density at radius 1 is 1.65 bits per heavy atom. The van der Waals surface area contributed by atoms with Crippen molar-refractivity contribution in [2.75, 3.05) is 20.1 Å². The fraction of sp³-hybridized carbons (Fsp3) is 0.667. The topological polar surface area (TPSA) is 49.5 Å². The van der Waals surface area contributed by atoms with Gasteiger partial charge in [-0.25, -0.2) is 0 Å². The van der Waals surface area contributed by atoms with E-state index < -0.39 is 0 Å². The van der Waals surface area contributed by atoms with Crippen molar-refractivity contribution in [2.24, 2.45) is 11.7 Å². The molecule has 0 bridgehead atoms. The molecule has 96 valence electrons. The highest BCUT2D eigenvalue weighted by Crippen LogP contribution is 2.32.